The SMILES string of the molecule is C=C(C(=O)OC)c1c(Br)cc(Br)cc1Br. The van der Waals surface area contributed by atoms with Gasteiger partial charge in [0.05, 0.1) is 12.7 Å². The lowest BCUT2D eigenvalue weighted by Crippen LogP contribution is -2.03. The Morgan fingerprint density at radius 3 is 2.13 bits per heavy atom. The molecule has 0 N–H and O–H groups in total. The monoisotopic (exact) mass is 396 g/mol. The van der Waals surface area contributed by atoms with E-state index in [1.165, 1.54) is 7.11 Å². The molecule has 0 atom stereocenters. The zero-order chi connectivity index (χ0) is 11.6. The summed E-state index contributed by atoms with van der Waals surface area (Å²) in [6.07, 6.45) is 0. The molecule has 5 heteroatoms. The van der Waals surface area contributed by atoms with Crippen LogP contribution in [0.15, 0.2) is 32.1 Å². The molecule has 0 spiro atoms. The number of ether oxygens (including phenoxy) is 1. The summed E-state index contributed by atoms with van der Waals surface area (Å²) < 4.78 is 7.07. The highest BCUT2D eigenvalue weighted by Gasteiger charge is 2.16. The molecule has 0 unspecified atom stereocenters. The van der Waals surface area contributed by atoms with Crippen LogP contribution in [0.25, 0.3) is 5.57 Å². The summed E-state index contributed by atoms with van der Waals surface area (Å²) in [4.78, 5) is 11.3. The van der Waals surface area contributed by atoms with Gasteiger partial charge in [0.25, 0.3) is 0 Å². The number of methoxy groups -OCH3 is 1. The fourth-order valence-electron chi connectivity index (χ4n) is 1.06. The first-order chi connectivity index (χ1) is 6.97. The third-order valence-corrected chi connectivity index (χ3v) is 3.45. The van der Waals surface area contributed by atoms with Gasteiger partial charge >= 0.3 is 5.97 Å². The molecule has 0 radical (unpaired) electrons. The van der Waals surface area contributed by atoms with E-state index in [1.807, 2.05) is 12.1 Å². The molecule has 0 bridgehead atoms. The van der Waals surface area contributed by atoms with E-state index in [0.29, 0.717) is 11.1 Å². The Balaban J connectivity index is 3.26. The number of carbonyl (C=O) groups is 1. The Morgan fingerprint density at radius 2 is 1.73 bits per heavy atom. The maximum Gasteiger partial charge on any atom is 0.337 e. The highest BCUT2D eigenvalue weighted by Crippen LogP contribution is 2.34. The highest BCUT2D eigenvalue weighted by atomic mass is 79.9. The molecule has 0 saturated carbocycles. The molecule has 0 aromatic heterocycles. The quantitative estimate of drug-likeness (QED) is 0.552. The maximum absolute atomic E-state index is 11.3. The lowest BCUT2D eigenvalue weighted by molar-refractivity contribution is -0.133. The fourth-order valence-corrected chi connectivity index (χ4v) is 3.79. The van der Waals surface area contributed by atoms with Crippen LogP contribution in [0.2, 0.25) is 0 Å². The molecule has 1 rings (SSSR count). The van der Waals surface area contributed by atoms with Crippen LogP contribution in [0.4, 0.5) is 0 Å². The van der Waals surface area contributed by atoms with E-state index in [2.05, 4.69) is 59.1 Å². The zero-order valence-electron chi connectivity index (χ0n) is 7.81. The minimum atomic E-state index is -0.446. The van der Waals surface area contributed by atoms with Crippen LogP contribution in [0.3, 0.4) is 0 Å². The Morgan fingerprint density at radius 1 is 1.27 bits per heavy atom. The van der Waals surface area contributed by atoms with E-state index in [1.54, 1.807) is 0 Å². The van der Waals surface area contributed by atoms with Gasteiger partial charge in [-0.3, -0.25) is 0 Å². The summed E-state index contributed by atoms with van der Waals surface area (Å²) in [6.45, 7) is 3.70. The van der Waals surface area contributed by atoms with Crippen LogP contribution in [0, 0.1) is 0 Å². The van der Waals surface area contributed by atoms with Gasteiger partial charge < -0.3 is 4.74 Å². The van der Waals surface area contributed by atoms with Gasteiger partial charge in [-0.2, -0.15) is 0 Å². The standard InChI is InChI=1S/C10H7Br3O2/c1-5(10(14)15-2)9-7(12)3-6(11)4-8(9)13/h3-4H,1H2,2H3. The van der Waals surface area contributed by atoms with Crippen molar-refractivity contribution in [2.45, 2.75) is 0 Å². The topological polar surface area (TPSA) is 26.3 Å². The molecule has 0 aliphatic heterocycles. The minimum absolute atomic E-state index is 0.309. The second-order valence-corrected chi connectivity index (χ2v) is 5.34. The number of carbonyl (C=O) groups excluding carboxylic acids is 1. The third-order valence-electron chi connectivity index (χ3n) is 1.74. The van der Waals surface area contributed by atoms with Crippen molar-refractivity contribution < 1.29 is 9.53 Å². The molecule has 0 amide bonds. The third kappa shape index (κ3) is 2.92. The molecule has 0 aliphatic rings. The van der Waals surface area contributed by atoms with Crippen molar-refractivity contribution >= 4 is 59.3 Å². The summed E-state index contributed by atoms with van der Waals surface area (Å²) in [6, 6.07) is 3.68. The zero-order valence-corrected chi connectivity index (χ0v) is 12.6. The number of esters is 1. The molecule has 0 saturated heterocycles. The number of hydrogen-bond acceptors (Lipinski definition) is 2. The van der Waals surface area contributed by atoms with Crippen molar-refractivity contribution in [2.24, 2.45) is 0 Å². The van der Waals surface area contributed by atoms with Gasteiger partial charge in [-0.05, 0) is 12.1 Å². The van der Waals surface area contributed by atoms with E-state index in [9.17, 15) is 4.79 Å². The predicted octanol–water partition coefficient (Wildman–Crippen LogP) is 4.16. The minimum Gasteiger partial charge on any atom is -0.465 e. The van der Waals surface area contributed by atoms with Crippen LogP contribution < -0.4 is 0 Å². The van der Waals surface area contributed by atoms with Gasteiger partial charge in [-0.25, -0.2) is 4.79 Å². The molecule has 1 aromatic rings. The van der Waals surface area contributed by atoms with Crippen molar-refractivity contribution in [1.82, 2.24) is 0 Å². The summed E-state index contributed by atoms with van der Waals surface area (Å²) in [7, 11) is 1.33. The second kappa shape index (κ2) is 5.27. The van der Waals surface area contributed by atoms with E-state index >= 15 is 0 Å². The summed E-state index contributed by atoms with van der Waals surface area (Å²) in [5.41, 5.74) is 1.01. The molecular formula is C10H7Br3O2. The molecule has 15 heavy (non-hydrogen) atoms. The molecule has 0 aliphatic carbocycles. The average Bonchev–Trinajstić information content (AvgIpc) is 2.14. The van der Waals surface area contributed by atoms with Crippen LogP contribution in [-0.4, -0.2) is 13.1 Å². The molecule has 0 heterocycles. The van der Waals surface area contributed by atoms with Gasteiger partial charge in [-0.1, -0.05) is 54.4 Å². The Bertz CT molecular complexity index is 404. The van der Waals surface area contributed by atoms with Gasteiger partial charge in [0.2, 0.25) is 0 Å². The van der Waals surface area contributed by atoms with Gasteiger partial charge in [0, 0.05) is 19.0 Å². The Hall–Kier alpha value is -0.130. The van der Waals surface area contributed by atoms with E-state index in [4.69, 9.17) is 0 Å². The maximum atomic E-state index is 11.3. The van der Waals surface area contributed by atoms with Crippen LogP contribution >= 0.6 is 47.8 Å². The number of hydrogen-bond donors (Lipinski definition) is 0. The summed E-state index contributed by atoms with van der Waals surface area (Å²) in [5.74, 6) is -0.446. The molecule has 1 aromatic carbocycles. The van der Waals surface area contributed by atoms with Crippen molar-refractivity contribution in [3.63, 3.8) is 0 Å². The van der Waals surface area contributed by atoms with E-state index in [-0.39, 0.29) is 0 Å². The molecule has 80 valence electrons. The molecule has 0 fully saturated rings. The first-order valence-electron chi connectivity index (χ1n) is 3.89. The van der Waals surface area contributed by atoms with E-state index in [0.717, 1.165) is 13.4 Å². The smallest absolute Gasteiger partial charge is 0.337 e. The predicted molar refractivity (Wildman–Crippen MR) is 70.6 cm³/mol. The van der Waals surface area contributed by atoms with Crippen LogP contribution in [0.5, 0.6) is 0 Å². The second-order valence-electron chi connectivity index (χ2n) is 2.71. The normalized spacial score (nSPS) is 9.87. The number of benzene rings is 1. The summed E-state index contributed by atoms with van der Waals surface area (Å²) >= 11 is 10.1. The lowest BCUT2D eigenvalue weighted by atomic mass is 10.1. The van der Waals surface area contributed by atoms with Crippen molar-refractivity contribution in [1.29, 1.82) is 0 Å². The largest absolute Gasteiger partial charge is 0.465 e. The first kappa shape index (κ1) is 12.9. The van der Waals surface area contributed by atoms with Crippen molar-refractivity contribution in [2.75, 3.05) is 7.11 Å². The first-order valence-corrected chi connectivity index (χ1v) is 6.27. The summed E-state index contributed by atoms with van der Waals surface area (Å²) in [5, 5.41) is 0. The van der Waals surface area contributed by atoms with Gasteiger partial charge in [-0.15, -0.1) is 0 Å². The number of halogens is 3. The van der Waals surface area contributed by atoms with Crippen molar-refractivity contribution in [3.8, 4) is 0 Å². The average molecular weight is 399 g/mol. The van der Waals surface area contributed by atoms with E-state index < -0.39 is 5.97 Å². The van der Waals surface area contributed by atoms with Gasteiger partial charge in [0.15, 0.2) is 0 Å². The molecular weight excluding hydrogens is 392 g/mol. The van der Waals surface area contributed by atoms with Gasteiger partial charge in [0.1, 0.15) is 0 Å². The fraction of sp³-hybridized carbons (Fsp3) is 0.100. The van der Waals surface area contributed by atoms with Crippen LogP contribution in [-0.2, 0) is 9.53 Å². The number of rotatable bonds is 2. The van der Waals surface area contributed by atoms with Crippen LogP contribution in [0.1, 0.15) is 5.56 Å². The lowest BCUT2D eigenvalue weighted by Gasteiger charge is -2.09. The Kier molecular flexibility index (Phi) is 4.55. The Labute approximate surface area is 113 Å². The molecule has 2 nitrogen and oxygen atoms in total. The van der Waals surface area contributed by atoms with Crippen molar-refractivity contribution in [3.05, 3.63) is 37.7 Å². The highest BCUT2D eigenvalue weighted by molar-refractivity contribution is 9.11.